The summed E-state index contributed by atoms with van der Waals surface area (Å²) in [5.41, 5.74) is 0.596. The van der Waals surface area contributed by atoms with Gasteiger partial charge < -0.3 is 19.9 Å². The molecule has 1 amide bonds. The summed E-state index contributed by atoms with van der Waals surface area (Å²) in [5, 5.41) is 11.7. The lowest BCUT2D eigenvalue weighted by atomic mass is 10.0. The van der Waals surface area contributed by atoms with E-state index in [-0.39, 0.29) is 18.2 Å². The topological polar surface area (TPSA) is 84.9 Å². The number of methoxy groups -OCH3 is 2. The van der Waals surface area contributed by atoms with Gasteiger partial charge in [0.15, 0.2) is 0 Å². The van der Waals surface area contributed by atoms with Gasteiger partial charge in [0.05, 0.1) is 20.6 Å². The summed E-state index contributed by atoms with van der Waals surface area (Å²) in [4.78, 5) is 23.4. The van der Waals surface area contributed by atoms with Crippen molar-refractivity contribution < 1.29 is 24.2 Å². The number of benzene rings is 1. The molecule has 0 saturated carbocycles. The third kappa shape index (κ3) is 4.95. The van der Waals surface area contributed by atoms with Crippen LogP contribution in [0.15, 0.2) is 18.2 Å². The minimum Gasteiger partial charge on any atom is -0.496 e. The third-order valence-electron chi connectivity index (χ3n) is 3.21. The Morgan fingerprint density at radius 3 is 2.14 bits per heavy atom. The number of ether oxygens (including phenoxy) is 2. The number of amides is 1. The predicted octanol–water partition coefficient (Wildman–Crippen LogP) is 1.86. The summed E-state index contributed by atoms with van der Waals surface area (Å²) in [6, 6.07) is 4.33. The molecule has 0 heterocycles. The molecular formula is C16H23NO5. The van der Waals surface area contributed by atoms with E-state index in [4.69, 9.17) is 9.47 Å². The van der Waals surface area contributed by atoms with Gasteiger partial charge in [-0.3, -0.25) is 4.79 Å². The fourth-order valence-electron chi connectivity index (χ4n) is 2.20. The minimum absolute atomic E-state index is 0.00490. The molecule has 0 saturated heterocycles. The molecule has 6 nitrogen and oxygen atoms in total. The zero-order valence-electron chi connectivity index (χ0n) is 13.4. The second kappa shape index (κ2) is 8.26. The molecule has 1 rings (SSSR count). The Bertz CT molecular complexity index is 505. The van der Waals surface area contributed by atoms with Crippen LogP contribution in [0.25, 0.3) is 0 Å². The maximum absolute atomic E-state index is 12.2. The zero-order valence-corrected chi connectivity index (χ0v) is 13.4. The van der Waals surface area contributed by atoms with E-state index in [1.54, 1.807) is 18.2 Å². The number of aliphatic carboxylic acids is 1. The molecule has 0 bridgehead atoms. The van der Waals surface area contributed by atoms with Gasteiger partial charge in [0.1, 0.15) is 17.5 Å². The standard InChI is InChI=1S/C16H23NO5/c1-10(2)8-12(16(19)20)17-15(18)9-11-13(21-3)6-5-7-14(11)22-4/h5-7,10,12H,8-9H2,1-4H3,(H,17,18)(H,19,20). The summed E-state index contributed by atoms with van der Waals surface area (Å²) >= 11 is 0. The lowest BCUT2D eigenvalue weighted by Gasteiger charge is -2.18. The molecule has 6 heteroatoms. The second-order valence-corrected chi connectivity index (χ2v) is 5.41. The van der Waals surface area contributed by atoms with E-state index in [1.807, 2.05) is 13.8 Å². The van der Waals surface area contributed by atoms with Gasteiger partial charge in [0.25, 0.3) is 0 Å². The number of carboxylic acids is 1. The van der Waals surface area contributed by atoms with Crippen LogP contribution in [0.2, 0.25) is 0 Å². The molecule has 1 atom stereocenters. The maximum Gasteiger partial charge on any atom is 0.326 e. The molecule has 0 aliphatic heterocycles. The van der Waals surface area contributed by atoms with Crippen molar-refractivity contribution in [2.24, 2.45) is 5.92 Å². The number of hydrogen-bond acceptors (Lipinski definition) is 4. The van der Waals surface area contributed by atoms with Crippen molar-refractivity contribution in [3.63, 3.8) is 0 Å². The number of carbonyl (C=O) groups is 2. The van der Waals surface area contributed by atoms with Crippen molar-refractivity contribution in [3.05, 3.63) is 23.8 Å². The monoisotopic (exact) mass is 309 g/mol. The van der Waals surface area contributed by atoms with Crippen LogP contribution in [0.3, 0.4) is 0 Å². The van der Waals surface area contributed by atoms with Gasteiger partial charge in [0, 0.05) is 5.56 Å². The molecule has 2 N–H and O–H groups in total. The highest BCUT2D eigenvalue weighted by atomic mass is 16.5. The van der Waals surface area contributed by atoms with Crippen LogP contribution in [0, 0.1) is 5.92 Å². The molecule has 0 aromatic heterocycles. The first-order chi connectivity index (χ1) is 10.4. The van der Waals surface area contributed by atoms with E-state index < -0.39 is 12.0 Å². The van der Waals surface area contributed by atoms with Crippen molar-refractivity contribution >= 4 is 11.9 Å². The number of nitrogens with one attached hydrogen (secondary N) is 1. The highest BCUT2D eigenvalue weighted by Gasteiger charge is 2.22. The first-order valence-electron chi connectivity index (χ1n) is 7.11. The van der Waals surface area contributed by atoms with E-state index in [1.165, 1.54) is 14.2 Å². The van der Waals surface area contributed by atoms with Gasteiger partial charge in [-0.15, -0.1) is 0 Å². The van der Waals surface area contributed by atoms with Crippen molar-refractivity contribution in [3.8, 4) is 11.5 Å². The highest BCUT2D eigenvalue weighted by Crippen LogP contribution is 2.28. The molecule has 1 aromatic rings. The smallest absolute Gasteiger partial charge is 0.326 e. The predicted molar refractivity (Wildman–Crippen MR) is 82.3 cm³/mol. The molecule has 0 aliphatic carbocycles. The van der Waals surface area contributed by atoms with Gasteiger partial charge in [-0.2, -0.15) is 0 Å². The van der Waals surface area contributed by atoms with Gasteiger partial charge in [-0.1, -0.05) is 19.9 Å². The van der Waals surface area contributed by atoms with Crippen LogP contribution < -0.4 is 14.8 Å². The lowest BCUT2D eigenvalue weighted by Crippen LogP contribution is -2.42. The van der Waals surface area contributed by atoms with Gasteiger partial charge in [-0.25, -0.2) is 4.79 Å². The number of carbonyl (C=O) groups excluding carboxylic acids is 1. The Morgan fingerprint density at radius 2 is 1.73 bits per heavy atom. The molecule has 122 valence electrons. The third-order valence-corrected chi connectivity index (χ3v) is 3.21. The van der Waals surface area contributed by atoms with E-state index in [9.17, 15) is 14.7 Å². The molecule has 0 fully saturated rings. The summed E-state index contributed by atoms with van der Waals surface area (Å²) in [6.45, 7) is 3.82. The van der Waals surface area contributed by atoms with E-state index in [0.29, 0.717) is 23.5 Å². The Labute approximate surface area is 130 Å². The largest absolute Gasteiger partial charge is 0.496 e. The summed E-state index contributed by atoms with van der Waals surface area (Å²) < 4.78 is 10.5. The first kappa shape index (κ1) is 17.8. The molecule has 0 aliphatic rings. The number of rotatable bonds is 8. The van der Waals surface area contributed by atoms with E-state index in [0.717, 1.165) is 0 Å². The summed E-state index contributed by atoms with van der Waals surface area (Å²) in [7, 11) is 3.02. The van der Waals surface area contributed by atoms with Crippen LogP contribution >= 0.6 is 0 Å². The fraction of sp³-hybridized carbons (Fsp3) is 0.500. The Morgan fingerprint density at radius 1 is 1.18 bits per heavy atom. The van der Waals surface area contributed by atoms with Crippen molar-refractivity contribution in [1.82, 2.24) is 5.32 Å². The average Bonchev–Trinajstić information content (AvgIpc) is 2.46. The van der Waals surface area contributed by atoms with E-state index >= 15 is 0 Å². The van der Waals surface area contributed by atoms with Crippen molar-refractivity contribution in [1.29, 1.82) is 0 Å². The van der Waals surface area contributed by atoms with Gasteiger partial charge in [0.2, 0.25) is 5.91 Å². The highest BCUT2D eigenvalue weighted by molar-refractivity contribution is 5.85. The quantitative estimate of drug-likeness (QED) is 0.765. The van der Waals surface area contributed by atoms with Crippen molar-refractivity contribution in [2.45, 2.75) is 32.7 Å². The van der Waals surface area contributed by atoms with E-state index in [2.05, 4.69) is 5.32 Å². The van der Waals surface area contributed by atoms with Crippen LogP contribution in [0.4, 0.5) is 0 Å². The second-order valence-electron chi connectivity index (χ2n) is 5.41. The lowest BCUT2D eigenvalue weighted by molar-refractivity contribution is -0.142. The molecule has 1 unspecified atom stereocenters. The maximum atomic E-state index is 12.2. The van der Waals surface area contributed by atoms with Crippen LogP contribution in [-0.4, -0.2) is 37.2 Å². The SMILES string of the molecule is COc1cccc(OC)c1CC(=O)NC(CC(C)C)C(=O)O. The Kier molecular flexibility index (Phi) is 6.69. The zero-order chi connectivity index (χ0) is 16.7. The summed E-state index contributed by atoms with van der Waals surface area (Å²) in [6.07, 6.45) is 0.374. The van der Waals surface area contributed by atoms with Crippen molar-refractivity contribution in [2.75, 3.05) is 14.2 Å². The first-order valence-corrected chi connectivity index (χ1v) is 7.11. The van der Waals surface area contributed by atoms with Crippen LogP contribution in [0.5, 0.6) is 11.5 Å². The molecule has 0 spiro atoms. The number of hydrogen-bond donors (Lipinski definition) is 2. The van der Waals surface area contributed by atoms with Crippen LogP contribution in [0.1, 0.15) is 25.8 Å². The number of carboxylic acid groups (broad SMARTS) is 1. The molecular weight excluding hydrogens is 286 g/mol. The normalized spacial score (nSPS) is 11.9. The fourth-order valence-corrected chi connectivity index (χ4v) is 2.20. The average molecular weight is 309 g/mol. The van der Waals surface area contributed by atoms with Gasteiger partial charge >= 0.3 is 5.97 Å². The molecule has 1 aromatic carbocycles. The summed E-state index contributed by atoms with van der Waals surface area (Å²) in [5.74, 6) is -0.178. The Balaban J connectivity index is 2.86. The molecule has 0 radical (unpaired) electrons. The van der Waals surface area contributed by atoms with Gasteiger partial charge in [-0.05, 0) is 24.5 Å². The van der Waals surface area contributed by atoms with Crippen LogP contribution in [-0.2, 0) is 16.0 Å². The molecule has 22 heavy (non-hydrogen) atoms. The Hall–Kier alpha value is -2.24. The minimum atomic E-state index is -1.03.